The summed E-state index contributed by atoms with van der Waals surface area (Å²) >= 11 is 3.46. The Labute approximate surface area is 154 Å². The largest absolute Gasteiger partial charge is 0.361 e. The van der Waals surface area contributed by atoms with Gasteiger partial charge in [-0.15, -0.1) is 0 Å². The number of aromatic nitrogens is 1. The Kier molecular flexibility index (Phi) is 4.94. The van der Waals surface area contributed by atoms with E-state index in [0.29, 0.717) is 18.8 Å². The molecule has 1 atom stereocenters. The average Bonchev–Trinajstić information content (AvgIpc) is 3.11. The summed E-state index contributed by atoms with van der Waals surface area (Å²) in [5.74, 6) is 0.202. The van der Waals surface area contributed by atoms with Crippen LogP contribution in [0, 0.1) is 26.7 Å². The number of benzene rings is 1. The van der Waals surface area contributed by atoms with E-state index in [1.54, 1.807) is 4.90 Å². The fraction of sp³-hybridized carbons (Fsp3) is 0.389. The molecule has 1 aliphatic rings. The third kappa shape index (κ3) is 3.61. The van der Waals surface area contributed by atoms with Gasteiger partial charge in [-0.25, -0.2) is 0 Å². The lowest BCUT2D eigenvalue weighted by Crippen LogP contribution is -2.32. The molecular weight excluding hydrogens is 386 g/mol. The van der Waals surface area contributed by atoms with Crippen LogP contribution in [0.2, 0.25) is 0 Å². The molecule has 1 aliphatic heterocycles. The SMILES string of the molecule is Cc1cc(N2CC(C(=O)NCc3c(C)noc3C)CC2=O)ccc1Br. The second-order valence-corrected chi connectivity index (χ2v) is 7.21. The van der Waals surface area contributed by atoms with Gasteiger partial charge in [-0.05, 0) is 44.5 Å². The van der Waals surface area contributed by atoms with Crippen molar-refractivity contribution < 1.29 is 14.1 Å². The maximum atomic E-state index is 12.5. The standard InChI is InChI=1S/C18H20BrN3O3/c1-10-6-14(4-5-16(10)19)22-9-13(7-17(22)23)18(24)20-8-15-11(2)21-25-12(15)3/h4-6,13H,7-9H2,1-3H3,(H,20,24). The third-order valence-electron chi connectivity index (χ3n) is 4.57. The number of amides is 2. The van der Waals surface area contributed by atoms with E-state index in [9.17, 15) is 9.59 Å². The van der Waals surface area contributed by atoms with Crippen LogP contribution in [-0.2, 0) is 16.1 Å². The van der Waals surface area contributed by atoms with E-state index in [1.165, 1.54) is 0 Å². The first-order valence-electron chi connectivity index (χ1n) is 8.12. The summed E-state index contributed by atoms with van der Waals surface area (Å²) in [6.45, 7) is 6.39. The van der Waals surface area contributed by atoms with Crippen molar-refractivity contribution in [3.05, 3.63) is 45.3 Å². The number of halogens is 1. The Balaban J connectivity index is 1.65. The summed E-state index contributed by atoms with van der Waals surface area (Å²) in [5.41, 5.74) is 3.54. The van der Waals surface area contributed by atoms with Crippen molar-refractivity contribution in [3.8, 4) is 0 Å². The predicted octanol–water partition coefficient (Wildman–Crippen LogP) is 3.03. The third-order valence-corrected chi connectivity index (χ3v) is 5.46. The van der Waals surface area contributed by atoms with Crippen molar-refractivity contribution in [2.24, 2.45) is 5.92 Å². The van der Waals surface area contributed by atoms with Gasteiger partial charge in [0.2, 0.25) is 11.8 Å². The lowest BCUT2D eigenvalue weighted by atomic mass is 10.1. The quantitative estimate of drug-likeness (QED) is 0.847. The highest BCUT2D eigenvalue weighted by Crippen LogP contribution is 2.28. The molecule has 6 nitrogen and oxygen atoms in total. The predicted molar refractivity (Wildman–Crippen MR) is 97.2 cm³/mol. The normalized spacial score (nSPS) is 17.2. The zero-order valence-corrected chi connectivity index (χ0v) is 16.0. The van der Waals surface area contributed by atoms with Crippen molar-refractivity contribution in [2.75, 3.05) is 11.4 Å². The average molecular weight is 406 g/mol. The zero-order valence-electron chi connectivity index (χ0n) is 14.4. The molecule has 2 aromatic rings. The molecule has 0 spiro atoms. The molecule has 3 rings (SSSR count). The van der Waals surface area contributed by atoms with Crippen LogP contribution in [0.5, 0.6) is 0 Å². The van der Waals surface area contributed by atoms with Crippen molar-refractivity contribution in [2.45, 2.75) is 33.7 Å². The van der Waals surface area contributed by atoms with Crippen LogP contribution in [-0.4, -0.2) is 23.5 Å². The van der Waals surface area contributed by atoms with Gasteiger partial charge in [0, 0.05) is 35.2 Å². The molecule has 2 heterocycles. The molecule has 7 heteroatoms. The molecule has 1 saturated heterocycles. The van der Waals surface area contributed by atoms with Gasteiger partial charge in [-0.1, -0.05) is 21.1 Å². The van der Waals surface area contributed by atoms with Crippen LogP contribution in [0.1, 0.15) is 29.0 Å². The molecular formula is C18H20BrN3O3. The minimum atomic E-state index is -0.350. The van der Waals surface area contributed by atoms with Gasteiger partial charge < -0.3 is 14.7 Å². The Hall–Kier alpha value is -2.15. The number of hydrogen-bond acceptors (Lipinski definition) is 4. The Morgan fingerprint density at radius 3 is 2.80 bits per heavy atom. The summed E-state index contributed by atoms with van der Waals surface area (Å²) in [6.07, 6.45) is 0.225. The Bertz CT molecular complexity index is 811. The second-order valence-electron chi connectivity index (χ2n) is 6.36. The van der Waals surface area contributed by atoms with E-state index in [2.05, 4.69) is 26.4 Å². The minimum Gasteiger partial charge on any atom is -0.361 e. The molecule has 1 N–H and O–H groups in total. The van der Waals surface area contributed by atoms with Crippen LogP contribution >= 0.6 is 15.9 Å². The van der Waals surface area contributed by atoms with Gasteiger partial charge in [-0.3, -0.25) is 9.59 Å². The monoisotopic (exact) mass is 405 g/mol. The highest BCUT2D eigenvalue weighted by molar-refractivity contribution is 9.10. The van der Waals surface area contributed by atoms with Crippen LogP contribution in [0.15, 0.2) is 27.2 Å². The van der Waals surface area contributed by atoms with Crippen LogP contribution in [0.3, 0.4) is 0 Å². The second kappa shape index (κ2) is 7.00. The van der Waals surface area contributed by atoms with E-state index in [4.69, 9.17) is 4.52 Å². The van der Waals surface area contributed by atoms with Crippen LogP contribution < -0.4 is 10.2 Å². The molecule has 1 aromatic carbocycles. The van der Waals surface area contributed by atoms with E-state index >= 15 is 0 Å². The molecule has 1 fully saturated rings. The Morgan fingerprint density at radius 2 is 2.16 bits per heavy atom. The first kappa shape index (κ1) is 17.7. The van der Waals surface area contributed by atoms with Crippen molar-refractivity contribution in [3.63, 3.8) is 0 Å². The maximum absolute atomic E-state index is 12.5. The maximum Gasteiger partial charge on any atom is 0.227 e. The number of anilines is 1. The van der Waals surface area contributed by atoms with Gasteiger partial charge in [0.1, 0.15) is 5.76 Å². The molecule has 0 bridgehead atoms. The summed E-state index contributed by atoms with van der Waals surface area (Å²) in [4.78, 5) is 26.5. The molecule has 25 heavy (non-hydrogen) atoms. The highest BCUT2D eigenvalue weighted by atomic mass is 79.9. The molecule has 0 aliphatic carbocycles. The van der Waals surface area contributed by atoms with E-state index in [0.717, 1.165) is 27.0 Å². The highest BCUT2D eigenvalue weighted by Gasteiger charge is 2.35. The first-order chi connectivity index (χ1) is 11.9. The van der Waals surface area contributed by atoms with E-state index in [1.807, 2.05) is 39.0 Å². The molecule has 0 saturated carbocycles. The van der Waals surface area contributed by atoms with E-state index < -0.39 is 0 Å². The summed E-state index contributed by atoms with van der Waals surface area (Å²) < 4.78 is 6.10. The number of carbonyl (C=O) groups is 2. The number of rotatable bonds is 4. The number of hydrogen-bond donors (Lipinski definition) is 1. The van der Waals surface area contributed by atoms with Gasteiger partial charge in [0.05, 0.1) is 11.6 Å². The lowest BCUT2D eigenvalue weighted by molar-refractivity contribution is -0.126. The molecule has 0 radical (unpaired) electrons. The molecule has 2 amide bonds. The smallest absolute Gasteiger partial charge is 0.227 e. The molecule has 1 unspecified atom stereocenters. The van der Waals surface area contributed by atoms with Crippen molar-refractivity contribution in [1.82, 2.24) is 10.5 Å². The van der Waals surface area contributed by atoms with Gasteiger partial charge in [-0.2, -0.15) is 0 Å². The van der Waals surface area contributed by atoms with E-state index in [-0.39, 0.29) is 24.2 Å². The number of nitrogens with one attached hydrogen (secondary N) is 1. The lowest BCUT2D eigenvalue weighted by Gasteiger charge is -2.17. The summed E-state index contributed by atoms with van der Waals surface area (Å²) in [7, 11) is 0. The first-order valence-corrected chi connectivity index (χ1v) is 8.92. The van der Waals surface area contributed by atoms with Crippen molar-refractivity contribution in [1.29, 1.82) is 0 Å². The van der Waals surface area contributed by atoms with Crippen LogP contribution in [0.4, 0.5) is 5.69 Å². The summed E-state index contributed by atoms with van der Waals surface area (Å²) in [6, 6.07) is 5.76. The molecule has 132 valence electrons. The minimum absolute atomic E-state index is 0.0285. The molecule has 1 aromatic heterocycles. The fourth-order valence-corrected chi connectivity index (χ4v) is 3.25. The van der Waals surface area contributed by atoms with Gasteiger partial charge >= 0.3 is 0 Å². The number of aryl methyl sites for hydroxylation is 3. The van der Waals surface area contributed by atoms with Crippen molar-refractivity contribution >= 4 is 33.4 Å². The number of carbonyl (C=O) groups excluding carboxylic acids is 2. The van der Waals surface area contributed by atoms with Crippen LogP contribution in [0.25, 0.3) is 0 Å². The zero-order chi connectivity index (χ0) is 18.1. The summed E-state index contributed by atoms with van der Waals surface area (Å²) in [5, 5.41) is 6.77. The van der Waals surface area contributed by atoms with Gasteiger partial charge in [0.25, 0.3) is 0 Å². The Morgan fingerprint density at radius 1 is 1.40 bits per heavy atom. The fourth-order valence-electron chi connectivity index (χ4n) is 3.00. The topological polar surface area (TPSA) is 75.4 Å². The number of nitrogens with zero attached hydrogens (tertiary/aromatic N) is 2. The van der Waals surface area contributed by atoms with Gasteiger partial charge in [0.15, 0.2) is 0 Å².